The van der Waals surface area contributed by atoms with Crippen molar-refractivity contribution in [2.75, 3.05) is 13.1 Å². The molecule has 1 aliphatic heterocycles. The van der Waals surface area contributed by atoms with Gasteiger partial charge in [-0.2, -0.15) is 0 Å². The van der Waals surface area contributed by atoms with Crippen LogP contribution in [0.15, 0.2) is 24.3 Å². The largest absolute Gasteiger partial charge is 0.508 e. The third-order valence-electron chi connectivity index (χ3n) is 2.72. The predicted molar refractivity (Wildman–Crippen MR) is 63.7 cm³/mol. The van der Waals surface area contributed by atoms with Crippen LogP contribution in [0.2, 0.25) is 0 Å². The molecule has 4 heteroatoms. The predicted octanol–water partition coefficient (Wildman–Crippen LogP) is 2.54. The molecule has 2 rings (SSSR count). The van der Waals surface area contributed by atoms with Gasteiger partial charge in [0, 0.05) is 6.54 Å². The first-order valence-electron chi connectivity index (χ1n) is 5.80. The number of benzene rings is 1. The maximum atomic E-state index is 11.6. The summed E-state index contributed by atoms with van der Waals surface area (Å²) in [6, 6.07) is 6.85. The molecule has 4 nitrogen and oxygen atoms in total. The normalized spacial score (nSPS) is 19.8. The first-order valence-corrected chi connectivity index (χ1v) is 5.80. The number of ether oxygens (including phenoxy) is 1. The Morgan fingerprint density at radius 1 is 1.53 bits per heavy atom. The molecule has 1 amide bonds. The van der Waals surface area contributed by atoms with Crippen molar-refractivity contribution in [3.63, 3.8) is 0 Å². The lowest BCUT2D eigenvalue weighted by atomic mass is 10.1. The van der Waals surface area contributed by atoms with Gasteiger partial charge in [0.2, 0.25) is 0 Å². The van der Waals surface area contributed by atoms with E-state index in [0.717, 1.165) is 5.56 Å². The number of amides is 1. The van der Waals surface area contributed by atoms with Gasteiger partial charge in [-0.25, -0.2) is 4.79 Å². The van der Waals surface area contributed by atoms with Crippen LogP contribution in [0.3, 0.4) is 0 Å². The summed E-state index contributed by atoms with van der Waals surface area (Å²) in [5.41, 5.74) is 0.838. The smallest absolute Gasteiger partial charge is 0.410 e. The van der Waals surface area contributed by atoms with E-state index < -0.39 is 0 Å². The van der Waals surface area contributed by atoms with E-state index >= 15 is 0 Å². The van der Waals surface area contributed by atoms with Crippen molar-refractivity contribution in [2.24, 2.45) is 5.92 Å². The van der Waals surface area contributed by atoms with Crippen molar-refractivity contribution in [3.8, 4) is 5.75 Å². The quantitative estimate of drug-likeness (QED) is 0.875. The Labute approximate surface area is 101 Å². The highest BCUT2D eigenvalue weighted by molar-refractivity contribution is 5.70. The van der Waals surface area contributed by atoms with Crippen molar-refractivity contribution in [3.05, 3.63) is 29.8 Å². The van der Waals surface area contributed by atoms with Crippen molar-refractivity contribution >= 4 is 6.09 Å². The maximum Gasteiger partial charge on any atom is 0.410 e. The summed E-state index contributed by atoms with van der Waals surface area (Å²) in [6.45, 7) is 5.39. The van der Waals surface area contributed by atoms with E-state index in [4.69, 9.17) is 4.74 Å². The first-order chi connectivity index (χ1) is 8.06. The molecule has 1 aromatic rings. The van der Waals surface area contributed by atoms with Gasteiger partial charge >= 0.3 is 6.09 Å². The minimum atomic E-state index is -0.271. The average molecular weight is 235 g/mol. The summed E-state index contributed by atoms with van der Waals surface area (Å²) in [5.74, 6) is 0.617. The minimum absolute atomic E-state index is 0.195. The molecule has 1 atom stereocenters. The number of cyclic esters (lactones) is 1. The molecule has 0 aliphatic carbocycles. The fourth-order valence-corrected chi connectivity index (χ4v) is 2.00. The van der Waals surface area contributed by atoms with Crippen LogP contribution in [-0.4, -0.2) is 29.2 Å². The summed E-state index contributed by atoms with van der Waals surface area (Å²) in [5, 5.41) is 9.40. The van der Waals surface area contributed by atoms with Crippen LogP contribution in [0.4, 0.5) is 4.79 Å². The van der Waals surface area contributed by atoms with Crippen LogP contribution in [0.1, 0.15) is 25.5 Å². The Morgan fingerprint density at radius 2 is 2.29 bits per heavy atom. The number of phenolic OH excluding ortho intramolecular Hbond substituents is 1. The Kier molecular flexibility index (Phi) is 3.22. The van der Waals surface area contributed by atoms with E-state index in [1.54, 1.807) is 23.1 Å². The van der Waals surface area contributed by atoms with Gasteiger partial charge in [0.05, 0.1) is 6.54 Å². The fraction of sp³-hybridized carbons (Fsp3) is 0.462. The second-order valence-corrected chi connectivity index (χ2v) is 4.77. The number of hydrogen-bond acceptors (Lipinski definition) is 3. The van der Waals surface area contributed by atoms with Crippen molar-refractivity contribution < 1.29 is 14.6 Å². The molecule has 0 aromatic heterocycles. The standard InChI is InChI=1S/C13H17NO3/c1-9(2)7-14-8-12(17-13(14)16)10-4-3-5-11(15)6-10/h3-6,9,12,15H,7-8H2,1-2H3. The third-order valence-corrected chi connectivity index (χ3v) is 2.72. The van der Waals surface area contributed by atoms with Crippen LogP contribution >= 0.6 is 0 Å². The number of aromatic hydroxyl groups is 1. The molecule has 0 bridgehead atoms. The Morgan fingerprint density at radius 3 is 2.94 bits per heavy atom. The molecule has 1 heterocycles. The van der Waals surface area contributed by atoms with E-state index in [1.807, 2.05) is 6.07 Å². The summed E-state index contributed by atoms with van der Waals surface area (Å²) in [6.07, 6.45) is -0.541. The molecule has 1 unspecified atom stereocenters. The maximum absolute atomic E-state index is 11.6. The van der Waals surface area contributed by atoms with Gasteiger partial charge < -0.3 is 14.7 Å². The van der Waals surface area contributed by atoms with Crippen LogP contribution in [-0.2, 0) is 4.74 Å². The molecule has 0 saturated carbocycles. The number of rotatable bonds is 3. The van der Waals surface area contributed by atoms with Gasteiger partial charge in [0.15, 0.2) is 0 Å². The summed E-state index contributed by atoms with van der Waals surface area (Å²) in [4.78, 5) is 13.3. The second kappa shape index (κ2) is 4.65. The van der Waals surface area contributed by atoms with Crippen LogP contribution in [0.25, 0.3) is 0 Å². The Bertz CT molecular complexity index is 417. The molecule has 1 aliphatic rings. The van der Waals surface area contributed by atoms with Crippen LogP contribution in [0, 0.1) is 5.92 Å². The van der Waals surface area contributed by atoms with Gasteiger partial charge in [-0.1, -0.05) is 26.0 Å². The van der Waals surface area contributed by atoms with Gasteiger partial charge in [0.25, 0.3) is 0 Å². The van der Waals surface area contributed by atoms with Crippen molar-refractivity contribution in [1.82, 2.24) is 4.90 Å². The molecule has 1 fully saturated rings. The second-order valence-electron chi connectivity index (χ2n) is 4.77. The van der Waals surface area contributed by atoms with E-state index in [1.165, 1.54) is 0 Å². The zero-order valence-electron chi connectivity index (χ0n) is 10.1. The zero-order valence-corrected chi connectivity index (χ0v) is 10.1. The minimum Gasteiger partial charge on any atom is -0.508 e. The van der Waals surface area contributed by atoms with Gasteiger partial charge in [-0.15, -0.1) is 0 Å². The van der Waals surface area contributed by atoms with Crippen LogP contribution in [0.5, 0.6) is 5.75 Å². The van der Waals surface area contributed by atoms with E-state index in [-0.39, 0.29) is 17.9 Å². The van der Waals surface area contributed by atoms with Crippen molar-refractivity contribution in [2.45, 2.75) is 20.0 Å². The summed E-state index contributed by atoms with van der Waals surface area (Å²) < 4.78 is 5.29. The Hall–Kier alpha value is -1.71. The Balaban J connectivity index is 2.08. The number of carbonyl (C=O) groups is 1. The van der Waals surface area contributed by atoms with E-state index in [0.29, 0.717) is 19.0 Å². The van der Waals surface area contributed by atoms with E-state index in [2.05, 4.69) is 13.8 Å². The molecule has 92 valence electrons. The highest BCUT2D eigenvalue weighted by Crippen LogP contribution is 2.28. The zero-order chi connectivity index (χ0) is 12.4. The molecular formula is C13H17NO3. The lowest BCUT2D eigenvalue weighted by Gasteiger charge is -2.15. The molecule has 0 radical (unpaired) electrons. The van der Waals surface area contributed by atoms with Gasteiger partial charge in [0.1, 0.15) is 11.9 Å². The summed E-state index contributed by atoms with van der Waals surface area (Å²) >= 11 is 0. The SMILES string of the molecule is CC(C)CN1CC(c2cccc(O)c2)OC1=O. The fourth-order valence-electron chi connectivity index (χ4n) is 2.00. The number of carbonyl (C=O) groups excluding carboxylic acids is 1. The van der Waals surface area contributed by atoms with Crippen LogP contribution < -0.4 is 0 Å². The number of phenols is 1. The van der Waals surface area contributed by atoms with Gasteiger partial charge in [-0.3, -0.25) is 0 Å². The first kappa shape index (κ1) is 11.8. The number of nitrogens with zero attached hydrogens (tertiary/aromatic N) is 1. The molecule has 1 N–H and O–H groups in total. The number of hydrogen-bond donors (Lipinski definition) is 1. The highest BCUT2D eigenvalue weighted by atomic mass is 16.6. The molecule has 17 heavy (non-hydrogen) atoms. The average Bonchev–Trinajstić information content (AvgIpc) is 2.59. The lowest BCUT2D eigenvalue weighted by Crippen LogP contribution is -2.28. The topological polar surface area (TPSA) is 49.8 Å². The molecule has 1 saturated heterocycles. The third kappa shape index (κ3) is 2.70. The van der Waals surface area contributed by atoms with Crippen molar-refractivity contribution in [1.29, 1.82) is 0 Å². The molecular weight excluding hydrogens is 218 g/mol. The highest BCUT2D eigenvalue weighted by Gasteiger charge is 2.32. The van der Waals surface area contributed by atoms with Gasteiger partial charge in [-0.05, 0) is 23.6 Å². The lowest BCUT2D eigenvalue weighted by molar-refractivity contribution is 0.131. The van der Waals surface area contributed by atoms with E-state index in [9.17, 15) is 9.90 Å². The summed E-state index contributed by atoms with van der Waals surface area (Å²) in [7, 11) is 0. The monoisotopic (exact) mass is 235 g/mol. The molecule has 1 aromatic carbocycles. The molecule has 0 spiro atoms.